The molecule has 0 saturated heterocycles. The van der Waals surface area contributed by atoms with E-state index in [1.165, 1.54) is 11.1 Å². The van der Waals surface area contributed by atoms with Crippen molar-refractivity contribution in [3.8, 4) is 11.1 Å². The third-order valence-electron chi connectivity index (χ3n) is 8.41. The Labute approximate surface area is 246 Å². The van der Waals surface area contributed by atoms with E-state index in [4.69, 9.17) is 9.47 Å². The summed E-state index contributed by atoms with van der Waals surface area (Å²) in [5.41, 5.74) is 5.55. The number of carbonyl (C=O) groups is 3. The number of carboxylic acid groups (broad SMARTS) is 1. The van der Waals surface area contributed by atoms with Gasteiger partial charge in [0.05, 0.1) is 12.7 Å². The van der Waals surface area contributed by atoms with Crippen molar-refractivity contribution < 1.29 is 29.0 Å². The lowest BCUT2D eigenvalue weighted by atomic mass is 9.82. The molecule has 3 aromatic carbocycles. The summed E-state index contributed by atoms with van der Waals surface area (Å²) in [5.74, 6) is -1.67. The number of carboxylic acids is 1. The van der Waals surface area contributed by atoms with E-state index < -0.39 is 24.2 Å². The maximum Gasteiger partial charge on any atom is 0.407 e. The van der Waals surface area contributed by atoms with Gasteiger partial charge in [0.1, 0.15) is 6.61 Å². The number of benzene rings is 3. The SMILES string of the molecule is C[C@@H](OCc1ccccc1)[C@H](NC(=O)C[C@H]1CCCC[C@H]1NC(=O)OCC1c2ccccc2-c2ccccc21)C(=O)O. The Bertz CT molecular complexity index is 1350. The van der Waals surface area contributed by atoms with Crippen molar-refractivity contribution >= 4 is 18.0 Å². The summed E-state index contributed by atoms with van der Waals surface area (Å²) < 4.78 is 11.5. The van der Waals surface area contributed by atoms with Crippen molar-refractivity contribution in [1.29, 1.82) is 0 Å². The molecule has 1 saturated carbocycles. The number of hydrogen-bond donors (Lipinski definition) is 3. The minimum absolute atomic E-state index is 0.0323. The number of fused-ring (bicyclic) bond motifs is 3. The number of nitrogens with one attached hydrogen (secondary N) is 2. The molecular weight excluding hydrogens is 532 g/mol. The molecule has 0 spiro atoms. The highest BCUT2D eigenvalue weighted by Gasteiger charge is 2.33. The third-order valence-corrected chi connectivity index (χ3v) is 8.41. The second kappa shape index (κ2) is 13.7. The van der Waals surface area contributed by atoms with E-state index in [1.54, 1.807) is 6.92 Å². The van der Waals surface area contributed by atoms with E-state index in [9.17, 15) is 19.5 Å². The van der Waals surface area contributed by atoms with Gasteiger partial charge in [-0.15, -0.1) is 0 Å². The molecule has 220 valence electrons. The maximum atomic E-state index is 13.0. The van der Waals surface area contributed by atoms with Crippen molar-refractivity contribution in [2.45, 2.75) is 69.7 Å². The zero-order chi connectivity index (χ0) is 29.5. The molecule has 8 heteroatoms. The van der Waals surface area contributed by atoms with Gasteiger partial charge in [0.2, 0.25) is 5.91 Å². The van der Waals surface area contributed by atoms with Gasteiger partial charge in [0.25, 0.3) is 0 Å². The van der Waals surface area contributed by atoms with Gasteiger partial charge in [-0.25, -0.2) is 9.59 Å². The highest BCUT2D eigenvalue weighted by atomic mass is 16.5. The fraction of sp³-hybridized carbons (Fsp3) is 0.382. The Kier molecular flexibility index (Phi) is 9.54. The first-order valence-corrected chi connectivity index (χ1v) is 14.7. The Morgan fingerprint density at radius 2 is 1.50 bits per heavy atom. The molecule has 2 aliphatic carbocycles. The molecule has 3 aromatic rings. The Morgan fingerprint density at radius 1 is 0.881 bits per heavy atom. The summed E-state index contributed by atoms with van der Waals surface area (Å²) in [6.45, 7) is 2.11. The summed E-state index contributed by atoms with van der Waals surface area (Å²) in [7, 11) is 0. The smallest absolute Gasteiger partial charge is 0.407 e. The number of carbonyl (C=O) groups excluding carboxylic acids is 2. The molecule has 2 aliphatic rings. The summed E-state index contributed by atoms with van der Waals surface area (Å²) in [6.07, 6.45) is 2.27. The van der Waals surface area contributed by atoms with Crippen molar-refractivity contribution in [2.24, 2.45) is 5.92 Å². The Balaban J connectivity index is 1.14. The van der Waals surface area contributed by atoms with Gasteiger partial charge in [-0.3, -0.25) is 4.79 Å². The van der Waals surface area contributed by atoms with E-state index in [0.717, 1.165) is 42.4 Å². The fourth-order valence-corrected chi connectivity index (χ4v) is 6.18. The van der Waals surface area contributed by atoms with Crippen LogP contribution in [0.5, 0.6) is 0 Å². The molecule has 0 bridgehead atoms. The lowest BCUT2D eigenvalue weighted by Crippen LogP contribution is -2.50. The van der Waals surface area contributed by atoms with Gasteiger partial charge in [-0.1, -0.05) is 91.7 Å². The topological polar surface area (TPSA) is 114 Å². The molecule has 0 aliphatic heterocycles. The number of aliphatic carboxylic acids is 1. The van der Waals surface area contributed by atoms with Crippen LogP contribution in [0.25, 0.3) is 11.1 Å². The number of hydrogen-bond acceptors (Lipinski definition) is 5. The van der Waals surface area contributed by atoms with Crippen LogP contribution in [0.15, 0.2) is 78.9 Å². The minimum atomic E-state index is -1.18. The second-order valence-electron chi connectivity index (χ2n) is 11.2. The van der Waals surface area contributed by atoms with Crippen LogP contribution in [-0.2, 0) is 25.7 Å². The second-order valence-corrected chi connectivity index (χ2v) is 11.2. The van der Waals surface area contributed by atoms with Gasteiger partial charge < -0.3 is 25.2 Å². The lowest BCUT2D eigenvalue weighted by molar-refractivity contribution is -0.146. The van der Waals surface area contributed by atoms with Crippen LogP contribution < -0.4 is 10.6 Å². The van der Waals surface area contributed by atoms with Crippen LogP contribution in [0, 0.1) is 5.92 Å². The molecule has 0 heterocycles. The largest absolute Gasteiger partial charge is 0.480 e. The number of ether oxygens (including phenoxy) is 2. The first-order valence-electron chi connectivity index (χ1n) is 14.7. The predicted octanol–water partition coefficient (Wildman–Crippen LogP) is 5.65. The molecule has 0 radical (unpaired) electrons. The monoisotopic (exact) mass is 570 g/mol. The molecule has 2 amide bonds. The molecule has 42 heavy (non-hydrogen) atoms. The highest BCUT2D eigenvalue weighted by molar-refractivity contribution is 5.84. The van der Waals surface area contributed by atoms with Crippen molar-refractivity contribution in [2.75, 3.05) is 6.61 Å². The van der Waals surface area contributed by atoms with Crippen LogP contribution in [0.2, 0.25) is 0 Å². The summed E-state index contributed by atoms with van der Waals surface area (Å²) in [5, 5.41) is 15.4. The Morgan fingerprint density at radius 3 is 2.17 bits per heavy atom. The first kappa shape index (κ1) is 29.3. The normalized spacial score (nSPS) is 19.2. The average molecular weight is 571 g/mol. The molecular formula is C34H38N2O6. The number of alkyl carbamates (subject to hydrolysis) is 1. The van der Waals surface area contributed by atoms with Crippen molar-refractivity contribution in [3.05, 3.63) is 95.6 Å². The predicted molar refractivity (Wildman–Crippen MR) is 159 cm³/mol. The fourth-order valence-electron chi connectivity index (χ4n) is 6.18. The van der Waals surface area contributed by atoms with Crippen LogP contribution in [0.3, 0.4) is 0 Å². The van der Waals surface area contributed by atoms with Gasteiger partial charge in [-0.05, 0) is 53.5 Å². The lowest BCUT2D eigenvalue weighted by Gasteiger charge is -2.32. The number of rotatable bonds is 11. The molecule has 3 N–H and O–H groups in total. The standard InChI is InChI=1S/C34H38N2O6/c1-22(41-20-23-11-3-2-4-12-23)32(33(38)39)36-31(37)19-24-13-5-10-18-30(24)35-34(40)42-21-29-27-16-8-6-14-25(27)26-15-7-9-17-28(26)29/h2-4,6-9,11-12,14-17,22,24,29-30,32H,5,10,13,18-21H2,1H3,(H,35,40)(H,36,37)(H,38,39)/t22-,24-,30-,32+/m1/s1. The van der Waals surface area contributed by atoms with Crippen molar-refractivity contribution in [3.63, 3.8) is 0 Å². The zero-order valence-corrected chi connectivity index (χ0v) is 23.8. The summed E-state index contributed by atoms with van der Waals surface area (Å²) >= 11 is 0. The van der Waals surface area contributed by atoms with Gasteiger partial charge in [-0.2, -0.15) is 0 Å². The zero-order valence-electron chi connectivity index (χ0n) is 23.8. The quantitative estimate of drug-likeness (QED) is 0.275. The third kappa shape index (κ3) is 6.99. The molecule has 8 nitrogen and oxygen atoms in total. The van der Waals surface area contributed by atoms with Gasteiger partial charge in [0.15, 0.2) is 6.04 Å². The van der Waals surface area contributed by atoms with Crippen LogP contribution in [0.1, 0.15) is 61.6 Å². The molecule has 0 unspecified atom stereocenters. The summed E-state index contributed by atoms with van der Waals surface area (Å²) in [4.78, 5) is 37.9. The minimum Gasteiger partial charge on any atom is -0.480 e. The van der Waals surface area contributed by atoms with Crippen LogP contribution in [-0.4, -0.2) is 47.9 Å². The molecule has 5 rings (SSSR count). The summed E-state index contributed by atoms with van der Waals surface area (Å²) in [6, 6.07) is 24.4. The van der Waals surface area contributed by atoms with E-state index in [-0.39, 0.29) is 43.4 Å². The van der Waals surface area contributed by atoms with E-state index in [0.29, 0.717) is 0 Å². The maximum absolute atomic E-state index is 13.0. The molecule has 0 aromatic heterocycles. The average Bonchev–Trinajstić information content (AvgIpc) is 3.32. The van der Waals surface area contributed by atoms with E-state index >= 15 is 0 Å². The van der Waals surface area contributed by atoms with Gasteiger partial charge >= 0.3 is 12.1 Å². The number of amides is 2. The highest BCUT2D eigenvalue weighted by Crippen LogP contribution is 2.44. The van der Waals surface area contributed by atoms with E-state index in [1.807, 2.05) is 54.6 Å². The van der Waals surface area contributed by atoms with E-state index in [2.05, 4.69) is 34.9 Å². The Hall–Kier alpha value is -4.17. The first-order chi connectivity index (χ1) is 20.4. The van der Waals surface area contributed by atoms with Crippen molar-refractivity contribution in [1.82, 2.24) is 10.6 Å². The van der Waals surface area contributed by atoms with Crippen LogP contribution in [0.4, 0.5) is 4.79 Å². The molecule has 4 atom stereocenters. The van der Waals surface area contributed by atoms with Crippen LogP contribution >= 0.6 is 0 Å². The molecule has 1 fully saturated rings. The van der Waals surface area contributed by atoms with Gasteiger partial charge in [0, 0.05) is 18.4 Å².